The molecule has 0 saturated carbocycles. The molecule has 0 fully saturated rings. The van der Waals surface area contributed by atoms with Crippen LogP contribution in [0.25, 0.3) is 22.3 Å². The van der Waals surface area contributed by atoms with Crippen molar-refractivity contribution in [3.05, 3.63) is 83.4 Å². The van der Waals surface area contributed by atoms with Crippen LogP contribution in [0.1, 0.15) is 16.7 Å². The standard InChI is InChI=1S/C20H16O/c21-13-14-5-3-7-15(11-14)18-9-4-10-19-17-8-2-1-6-16(17)12-20(18)19/h1-11,21H,12-13H2. The van der Waals surface area contributed by atoms with Gasteiger partial charge in [-0.1, -0.05) is 60.7 Å². The molecule has 0 bridgehead atoms. The zero-order chi connectivity index (χ0) is 14.2. The summed E-state index contributed by atoms with van der Waals surface area (Å²) in [5, 5.41) is 9.34. The molecule has 0 unspecified atom stereocenters. The Bertz CT molecular complexity index is 818. The van der Waals surface area contributed by atoms with E-state index in [0.29, 0.717) is 0 Å². The monoisotopic (exact) mass is 272 g/mol. The molecule has 0 saturated heterocycles. The van der Waals surface area contributed by atoms with Crippen molar-refractivity contribution in [2.75, 3.05) is 0 Å². The predicted molar refractivity (Wildman–Crippen MR) is 86.0 cm³/mol. The quantitative estimate of drug-likeness (QED) is 0.573. The molecule has 0 aliphatic heterocycles. The lowest BCUT2D eigenvalue weighted by molar-refractivity contribution is 0.282. The van der Waals surface area contributed by atoms with Crippen LogP contribution in [0.3, 0.4) is 0 Å². The summed E-state index contributed by atoms with van der Waals surface area (Å²) < 4.78 is 0. The Hall–Kier alpha value is -2.38. The Morgan fingerprint density at radius 3 is 2.43 bits per heavy atom. The van der Waals surface area contributed by atoms with Crippen molar-refractivity contribution in [1.29, 1.82) is 0 Å². The number of aliphatic hydroxyl groups excluding tert-OH is 1. The molecular formula is C20H16O. The maximum atomic E-state index is 9.34. The molecule has 1 aliphatic carbocycles. The molecule has 1 heteroatoms. The Morgan fingerprint density at radius 1 is 0.762 bits per heavy atom. The van der Waals surface area contributed by atoms with Crippen LogP contribution in [0, 0.1) is 0 Å². The third-order valence-electron chi connectivity index (χ3n) is 4.27. The average Bonchev–Trinajstić information content (AvgIpc) is 2.93. The lowest BCUT2D eigenvalue weighted by atomic mass is 9.95. The molecule has 3 aromatic carbocycles. The SMILES string of the molecule is OCc1cccc(-c2cccc3c2Cc2ccccc2-3)c1. The van der Waals surface area contributed by atoms with E-state index in [2.05, 4.69) is 54.6 Å². The molecule has 4 rings (SSSR count). The second-order valence-electron chi connectivity index (χ2n) is 5.52. The first kappa shape index (κ1) is 12.4. The van der Waals surface area contributed by atoms with Gasteiger partial charge >= 0.3 is 0 Å². The highest BCUT2D eigenvalue weighted by molar-refractivity contribution is 5.84. The third-order valence-corrected chi connectivity index (χ3v) is 4.27. The van der Waals surface area contributed by atoms with Gasteiger partial charge in [0.25, 0.3) is 0 Å². The largest absolute Gasteiger partial charge is 0.392 e. The van der Waals surface area contributed by atoms with Crippen LogP contribution in [0.15, 0.2) is 66.7 Å². The van der Waals surface area contributed by atoms with Gasteiger partial charge in [-0.05, 0) is 51.4 Å². The first-order valence-corrected chi connectivity index (χ1v) is 7.27. The van der Waals surface area contributed by atoms with Crippen LogP contribution in [0.4, 0.5) is 0 Å². The molecule has 0 amide bonds. The minimum Gasteiger partial charge on any atom is -0.392 e. The van der Waals surface area contributed by atoms with Crippen molar-refractivity contribution in [3.63, 3.8) is 0 Å². The summed E-state index contributed by atoms with van der Waals surface area (Å²) >= 11 is 0. The van der Waals surface area contributed by atoms with Crippen LogP contribution < -0.4 is 0 Å². The van der Waals surface area contributed by atoms with Crippen LogP contribution in [0.5, 0.6) is 0 Å². The van der Waals surface area contributed by atoms with E-state index in [-0.39, 0.29) is 6.61 Å². The topological polar surface area (TPSA) is 20.2 Å². The first-order valence-electron chi connectivity index (χ1n) is 7.27. The van der Waals surface area contributed by atoms with E-state index < -0.39 is 0 Å². The fourth-order valence-electron chi connectivity index (χ4n) is 3.26. The van der Waals surface area contributed by atoms with E-state index in [1.807, 2.05) is 12.1 Å². The average molecular weight is 272 g/mol. The lowest BCUT2D eigenvalue weighted by Gasteiger charge is -2.10. The van der Waals surface area contributed by atoms with Gasteiger partial charge < -0.3 is 5.11 Å². The molecule has 3 aromatic rings. The Balaban J connectivity index is 1.90. The highest BCUT2D eigenvalue weighted by Gasteiger charge is 2.20. The number of benzene rings is 3. The van der Waals surface area contributed by atoms with Crippen molar-refractivity contribution < 1.29 is 5.11 Å². The van der Waals surface area contributed by atoms with Crippen molar-refractivity contribution in [1.82, 2.24) is 0 Å². The van der Waals surface area contributed by atoms with E-state index in [9.17, 15) is 5.11 Å². The normalized spacial score (nSPS) is 12.0. The Kier molecular flexibility index (Phi) is 2.87. The highest BCUT2D eigenvalue weighted by atomic mass is 16.3. The molecule has 21 heavy (non-hydrogen) atoms. The van der Waals surface area contributed by atoms with E-state index >= 15 is 0 Å². The summed E-state index contributed by atoms with van der Waals surface area (Å²) in [5.74, 6) is 0. The lowest BCUT2D eigenvalue weighted by Crippen LogP contribution is -1.90. The summed E-state index contributed by atoms with van der Waals surface area (Å²) in [6.07, 6.45) is 0.991. The van der Waals surface area contributed by atoms with E-state index in [4.69, 9.17) is 0 Å². The molecule has 0 aromatic heterocycles. The molecule has 0 atom stereocenters. The minimum atomic E-state index is 0.0864. The van der Waals surface area contributed by atoms with Crippen molar-refractivity contribution in [2.45, 2.75) is 13.0 Å². The molecular weight excluding hydrogens is 256 g/mol. The zero-order valence-electron chi connectivity index (χ0n) is 11.7. The molecule has 102 valence electrons. The molecule has 0 heterocycles. The summed E-state index contributed by atoms with van der Waals surface area (Å²) in [7, 11) is 0. The van der Waals surface area contributed by atoms with E-state index in [1.54, 1.807) is 0 Å². The summed E-state index contributed by atoms with van der Waals surface area (Å²) in [4.78, 5) is 0. The fraction of sp³-hybridized carbons (Fsp3) is 0.100. The van der Waals surface area contributed by atoms with Gasteiger partial charge in [0.05, 0.1) is 6.61 Å². The Morgan fingerprint density at radius 2 is 1.52 bits per heavy atom. The van der Waals surface area contributed by atoms with Crippen molar-refractivity contribution in [3.8, 4) is 22.3 Å². The van der Waals surface area contributed by atoms with Gasteiger partial charge in [0.1, 0.15) is 0 Å². The van der Waals surface area contributed by atoms with Crippen LogP contribution in [-0.4, -0.2) is 5.11 Å². The zero-order valence-corrected chi connectivity index (χ0v) is 11.7. The molecule has 1 N–H and O–H groups in total. The molecule has 0 radical (unpaired) electrons. The Labute approximate surface area is 124 Å². The van der Waals surface area contributed by atoms with Crippen LogP contribution in [-0.2, 0) is 13.0 Å². The number of hydrogen-bond acceptors (Lipinski definition) is 1. The van der Waals surface area contributed by atoms with E-state index in [0.717, 1.165) is 12.0 Å². The van der Waals surface area contributed by atoms with Gasteiger partial charge in [-0.3, -0.25) is 0 Å². The third kappa shape index (κ3) is 1.98. The summed E-state index contributed by atoms with van der Waals surface area (Å²) in [6.45, 7) is 0.0864. The maximum Gasteiger partial charge on any atom is 0.0682 e. The summed E-state index contributed by atoms with van der Waals surface area (Å²) in [6, 6.07) is 23.3. The maximum absolute atomic E-state index is 9.34. The van der Waals surface area contributed by atoms with Gasteiger partial charge in [0, 0.05) is 0 Å². The summed E-state index contributed by atoms with van der Waals surface area (Å²) in [5.41, 5.74) is 8.92. The fourth-order valence-corrected chi connectivity index (χ4v) is 3.26. The van der Waals surface area contributed by atoms with Gasteiger partial charge in [-0.2, -0.15) is 0 Å². The van der Waals surface area contributed by atoms with Crippen molar-refractivity contribution in [2.24, 2.45) is 0 Å². The smallest absolute Gasteiger partial charge is 0.0682 e. The highest BCUT2D eigenvalue weighted by Crippen LogP contribution is 2.41. The molecule has 1 nitrogen and oxygen atoms in total. The van der Waals surface area contributed by atoms with Gasteiger partial charge in [0.15, 0.2) is 0 Å². The first-order chi connectivity index (χ1) is 10.4. The van der Waals surface area contributed by atoms with Gasteiger partial charge in [-0.15, -0.1) is 0 Å². The van der Waals surface area contributed by atoms with Crippen LogP contribution in [0.2, 0.25) is 0 Å². The minimum absolute atomic E-state index is 0.0864. The number of hydrogen-bond donors (Lipinski definition) is 1. The van der Waals surface area contributed by atoms with Gasteiger partial charge in [-0.25, -0.2) is 0 Å². The number of fused-ring (bicyclic) bond motifs is 3. The van der Waals surface area contributed by atoms with E-state index in [1.165, 1.54) is 33.4 Å². The second-order valence-corrected chi connectivity index (χ2v) is 5.52. The number of rotatable bonds is 2. The van der Waals surface area contributed by atoms with Crippen molar-refractivity contribution >= 4 is 0 Å². The van der Waals surface area contributed by atoms with Crippen LogP contribution >= 0.6 is 0 Å². The van der Waals surface area contributed by atoms with Gasteiger partial charge in [0.2, 0.25) is 0 Å². The number of aliphatic hydroxyl groups is 1. The predicted octanol–water partition coefficient (Wildman–Crippen LogP) is 4.42. The second kappa shape index (κ2) is 4.87. The molecule has 1 aliphatic rings. The molecule has 0 spiro atoms.